The molecule has 1 saturated heterocycles. The quantitative estimate of drug-likeness (QED) is 0.277. The number of unbranched alkanes of at least 4 members (excludes halogenated alkanes) is 3. The van der Waals surface area contributed by atoms with Crippen LogP contribution in [0, 0.1) is 0 Å². The minimum Gasteiger partial charge on any atom is -0.494 e. The highest BCUT2D eigenvalue weighted by molar-refractivity contribution is 9.10. The fourth-order valence-corrected chi connectivity index (χ4v) is 4.42. The van der Waals surface area contributed by atoms with Crippen LogP contribution in [0.2, 0.25) is 0 Å². The normalized spacial score (nSPS) is 15.2. The number of thiocarbonyl (C=S) groups is 1. The Labute approximate surface area is 225 Å². The van der Waals surface area contributed by atoms with Crippen molar-refractivity contribution in [2.45, 2.75) is 52.0 Å². The van der Waals surface area contributed by atoms with E-state index in [1.165, 1.54) is 22.8 Å². The maximum absolute atomic E-state index is 13.0. The second-order valence-corrected chi connectivity index (χ2v) is 9.67. The Bertz CT molecular complexity index is 1080. The summed E-state index contributed by atoms with van der Waals surface area (Å²) in [6.45, 7) is 4.95. The summed E-state index contributed by atoms with van der Waals surface area (Å²) >= 11 is 8.76. The molecule has 3 rings (SSSR count). The van der Waals surface area contributed by atoms with Gasteiger partial charge in [0, 0.05) is 22.3 Å². The Morgan fingerprint density at radius 3 is 2.36 bits per heavy atom. The lowest BCUT2D eigenvalue weighted by Crippen LogP contribution is -2.49. The van der Waals surface area contributed by atoms with Crippen LogP contribution in [0.3, 0.4) is 0 Å². The maximum Gasteiger partial charge on any atom is 0.269 e. The summed E-state index contributed by atoms with van der Waals surface area (Å²) in [5, 5.41) is 4.27. The number of halogens is 1. The molecule has 1 atom stereocenters. The molecular formula is C26H31BrN4O4S. The van der Waals surface area contributed by atoms with Gasteiger partial charge in [-0.15, -0.1) is 0 Å². The number of amides is 3. The largest absolute Gasteiger partial charge is 0.494 e. The molecule has 1 heterocycles. The van der Waals surface area contributed by atoms with Gasteiger partial charge in [-0.3, -0.25) is 24.7 Å². The van der Waals surface area contributed by atoms with E-state index in [0.29, 0.717) is 24.4 Å². The van der Waals surface area contributed by atoms with E-state index in [2.05, 4.69) is 33.6 Å². The van der Waals surface area contributed by atoms with Crippen molar-refractivity contribution in [1.29, 1.82) is 0 Å². The summed E-state index contributed by atoms with van der Waals surface area (Å²) in [5.74, 6) is -0.390. The first-order valence-electron chi connectivity index (χ1n) is 12.1. The predicted octanol–water partition coefficient (Wildman–Crippen LogP) is 4.90. The van der Waals surface area contributed by atoms with Gasteiger partial charge in [-0.2, -0.15) is 0 Å². The summed E-state index contributed by atoms with van der Waals surface area (Å²) in [7, 11) is 0. The van der Waals surface area contributed by atoms with Gasteiger partial charge in [0.2, 0.25) is 5.91 Å². The Hall–Kier alpha value is -2.98. The standard InChI is InChI=1S/C26H31BrN4O4S/c1-3-5-6-7-16-35-21-14-12-20(13-15-21)28-23(32)17-22-25(34)30(4-2)26(36)31(22)29-24(33)18-8-10-19(27)11-9-18/h8-15,22H,3-7,16-17H2,1-2H3,(H,28,32)(H,29,33). The molecule has 8 nitrogen and oxygen atoms in total. The van der Waals surface area contributed by atoms with E-state index in [1.54, 1.807) is 55.5 Å². The minimum atomic E-state index is -0.942. The Morgan fingerprint density at radius 1 is 1.03 bits per heavy atom. The van der Waals surface area contributed by atoms with Crippen molar-refractivity contribution in [2.75, 3.05) is 18.5 Å². The van der Waals surface area contributed by atoms with E-state index >= 15 is 0 Å². The van der Waals surface area contributed by atoms with Gasteiger partial charge >= 0.3 is 0 Å². The van der Waals surface area contributed by atoms with Crippen LogP contribution in [0.5, 0.6) is 5.75 Å². The molecule has 1 fully saturated rings. The molecule has 0 radical (unpaired) electrons. The van der Waals surface area contributed by atoms with Gasteiger partial charge in [-0.25, -0.2) is 5.01 Å². The molecule has 0 aromatic heterocycles. The molecule has 0 spiro atoms. The number of hydrogen-bond acceptors (Lipinski definition) is 5. The monoisotopic (exact) mass is 574 g/mol. The summed E-state index contributed by atoms with van der Waals surface area (Å²) < 4.78 is 6.57. The van der Waals surface area contributed by atoms with Crippen LogP contribution in [-0.4, -0.2) is 51.9 Å². The molecule has 0 saturated carbocycles. The number of likely N-dealkylation sites (N-methyl/N-ethyl adjacent to an activating group) is 1. The van der Waals surface area contributed by atoms with E-state index < -0.39 is 11.9 Å². The summed E-state index contributed by atoms with van der Waals surface area (Å²) in [4.78, 5) is 39.9. The topological polar surface area (TPSA) is 91.0 Å². The van der Waals surface area contributed by atoms with E-state index in [9.17, 15) is 14.4 Å². The van der Waals surface area contributed by atoms with Gasteiger partial charge in [0.15, 0.2) is 5.11 Å². The average molecular weight is 576 g/mol. The molecule has 2 N–H and O–H groups in total. The lowest BCUT2D eigenvalue weighted by atomic mass is 10.1. The number of hydrazine groups is 1. The predicted molar refractivity (Wildman–Crippen MR) is 147 cm³/mol. The zero-order chi connectivity index (χ0) is 26.1. The number of rotatable bonds is 12. The highest BCUT2D eigenvalue weighted by Crippen LogP contribution is 2.21. The number of benzene rings is 2. The Kier molecular flexibility index (Phi) is 10.2. The SMILES string of the molecule is CCCCCCOc1ccc(NC(=O)CC2C(=O)N(CC)C(=S)N2NC(=O)c2ccc(Br)cc2)cc1. The molecule has 36 heavy (non-hydrogen) atoms. The van der Waals surface area contributed by atoms with Gasteiger partial charge in [-0.05, 0) is 74.1 Å². The molecule has 0 aliphatic carbocycles. The van der Waals surface area contributed by atoms with Crippen LogP contribution < -0.4 is 15.5 Å². The molecule has 192 valence electrons. The third kappa shape index (κ3) is 7.27. The first kappa shape index (κ1) is 27.6. The Morgan fingerprint density at radius 2 is 1.72 bits per heavy atom. The lowest BCUT2D eigenvalue weighted by molar-refractivity contribution is -0.130. The number of carbonyl (C=O) groups is 3. The molecule has 1 aliphatic heterocycles. The smallest absolute Gasteiger partial charge is 0.269 e. The second-order valence-electron chi connectivity index (χ2n) is 8.38. The van der Waals surface area contributed by atoms with E-state index in [4.69, 9.17) is 17.0 Å². The van der Waals surface area contributed by atoms with Crippen molar-refractivity contribution in [3.05, 3.63) is 58.6 Å². The summed E-state index contributed by atoms with van der Waals surface area (Å²) in [5.41, 5.74) is 3.69. The van der Waals surface area contributed by atoms with E-state index in [-0.39, 0.29) is 23.3 Å². The molecule has 1 unspecified atom stereocenters. The zero-order valence-corrected chi connectivity index (χ0v) is 22.9. The van der Waals surface area contributed by atoms with Gasteiger partial charge in [-0.1, -0.05) is 42.1 Å². The van der Waals surface area contributed by atoms with Crippen molar-refractivity contribution in [3.63, 3.8) is 0 Å². The maximum atomic E-state index is 13.0. The molecular weight excluding hydrogens is 544 g/mol. The third-order valence-corrected chi connectivity index (χ3v) is 6.67. The van der Waals surface area contributed by atoms with Crippen molar-refractivity contribution < 1.29 is 19.1 Å². The van der Waals surface area contributed by atoms with Crippen molar-refractivity contribution in [3.8, 4) is 5.75 Å². The molecule has 3 amide bonds. The number of carbonyl (C=O) groups excluding carboxylic acids is 3. The van der Waals surface area contributed by atoms with E-state index in [0.717, 1.165) is 23.1 Å². The number of hydrogen-bond donors (Lipinski definition) is 2. The van der Waals surface area contributed by atoms with Crippen LogP contribution in [0.15, 0.2) is 53.0 Å². The molecule has 1 aliphatic rings. The minimum absolute atomic E-state index is 0.159. The second kappa shape index (κ2) is 13.4. The van der Waals surface area contributed by atoms with Gasteiger partial charge in [0.05, 0.1) is 13.0 Å². The average Bonchev–Trinajstić information content (AvgIpc) is 3.08. The van der Waals surface area contributed by atoms with E-state index in [1.807, 2.05) is 0 Å². The number of anilines is 1. The highest BCUT2D eigenvalue weighted by Gasteiger charge is 2.43. The number of nitrogens with one attached hydrogen (secondary N) is 2. The van der Waals surface area contributed by atoms with Crippen molar-refractivity contribution in [2.24, 2.45) is 0 Å². The van der Waals surface area contributed by atoms with Crippen LogP contribution in [0.4, 0.5) is 5.69 Å². The van der Waals surface area contributed by atoms with Crippen molar-refractivity contribution >= 4 is 56.7 Å². The first-order valence-corrected chi connectivity index (χ1v) is 13.3. The Balaban J connectivity index is 1.60. The van der Waals surface area contributed by atoms with Crippen LogP contribution in [-0.2, 0) is 9.59 Å². The summed E-state index contributed by atoms with van der Waals surface area (Å²) in [6.07, 6.45) is 4.35. The van der Waals surface area contributed by atoms with Crippen molar-refractivity contribution in [1.82, 2.24) is 15.3 Å². The van der Waals surface area contributed by atoms with Crippen LogP contribution >= 0.6 is 28.1 Å². The number of nitrogens with zero attached hydrogens (tertiary/aromatic N) is 2. The highest BCUT2D eigenvalue weighted by atomic mass is 79.9. The molecule has 10 heteroatoms. The lowest BCUT2D eigenvalue weighted by Gasteiger charge is -2.24. The molecule has 2 aromatic rings. The first-order chi connectivity index (χ1) is 17.3. The fourth-order valence-electron chi connectivity index (χ4n) is 3.76. The molecule has 0 bridgehead atoms. The number of ether oxygens (including phenoxy) is 1. The fraction of sp³-hybridized carbons (Fsp3) is 0.385. The third-order valence-electron chi connectivity index (χ3n) is 5.73. The molecule has 2 aromatic carbocycles. The van der Waals surface area contributed by atoms with Gasteiger partial charge < -0.3 is 10.1 Å². The zero-order valence-electron chi connectivity index (χ0n) is 20.5. The van der Waals surface area contributed by atoms with Gasteiger partial charge in [0.25, 0.3) is 11.8 Å². The van der Waals surface area contributed by atoms with Gasteiger partial charge in [0.1, 0.15) is 11.8 Å². The van der Waals surface area contributed by atoms with Crippen LogP contribution in [0.25, 0.3) is 0 Å². The van der Waals surface area contributed by atoms with Crippen LogP contribution in [0.1, 0.15) is 56.3 Å². The summed E-state index contributed by atoms with van der Waals surface area (Å²) in [6, 6.07) is 13.0.